The van der Waals surface area contributed by atoms with Crippen molar-refractivity contribution in [2.75, 3.05) is 14.2 Å². The van der Waals surface area contributed by atoms with Crippen LogP contribution in [0.1, 0.15) is 20.7 Å². The van der Waals surface area contributed by atoms with Gasteiger partial charge in [-0.2, -0.15) is 0 Å². The van der Waals surface area contributed by atoms with Gasteiger partial charge in [0.25, 0.3) is 0 Å². The van der Waals surface area contributed by atoms with Crippen LogP contribution in [0.3, 0.4) is 0 Å². The van der Waals surface area contributed by atoms with Crippen LogP contribution in [0.4, 0.5) is 0 Å². The highest BCUT2D eigenvalue weighted by atomic mass is 32.1. The fraction of sp³-hybridized carbons (Fsp3) is 0.125. The van der Waals surface area contributed by atoms with Crippen LogP contribution in [-0.2, 0) is 9.47 Å². The first-order valence-corrected chi connectivity index (χ1v) is 7.15. The summed E-state index contributed by atoms with van der Waals surface area (Å²) in [5, 5.41) is 4.44. The normalized spacial score (nSPS) is 10.8. The largest absolute Gasteiger partial charge is 0.465 e. The second-order valence-electron chi connectivity index (χ2n) is 4.44. The van der Waals surface area contributed by atoms with Crippen LogP contribution >= 0.6 is 11.3 Å². The van der Waals surface area contributed by atoms with E-state index >= 15 is 0 Å². The molecule has 0 amide bonds. The topological polar surface area (TPSA) is 52.6 Å². The summed E-state index contributed by atoms with van der Waals surface area (Å²) in [7, 11) is 2.61. The summed E-state index contributed by atoms with van der Waals surface area (Å²) in [5.74, 6) is -1.07. The van der Waals surface area contributed by atoms with Crippen molar-refractivity contribution in [3.8, 4) is 0 Å². The monoisotopic (exact) mass is 300 g/mol. The Morgan fingerprint density at radius 3 is 2.14 bits per heavy atom. The number of thiophene rings is 1. The Kier molecular flexibility index (Phi) is 3.35. The Hall–Kier alpha value is -2.40. The summed E-state index contributed by atoms with van der Waals surface area (Å²) in [6.07, 6.45) is 0. The molecule has 0 aliphatic carbocycles. The molecule has 21 heavy (non-hydrogen) atoms. The molecule has 0 aliphatic rings. The molecular weight excluding hydrogens is 288 g/mol. The van der Waals surface area contributed by atoms with Crippen molar-refractivity contribution < 1.29 is 19.1 Å². The highest BCUT2D eigenvalue weighted by Gasteiger charge is 2.26. The fourth-order valence-corrected chi connectivity index (χ4v) is 3.46. The van der Waals surface area contributed by atoms with Gasteiger partial charge in [0.1, 0.15) is 0 Å². The standard InChI is InChI=1S/C16H12O4S/c1-19-15(17)12-10-6-4-3-5-9(10)11-7-8-21-14(11)13(12)16(18)20-2/h3-8H,1-2H3. The molecule has 0 bridgehead atoms. The quantitative estimate of drug-likeness (QED) is 0.678. The van der Waals surface area contributed by atoms with Gasteiger partial charge in [0.2, 0.25) is 0 Å². The van der Waals surface area contributed by atoms with Gasteiger partial charge in [-0.15, -0.1) is 11.3 Å². The molecule has 5 heteroatoms. The zero-order valence-corrected chi connectivity index (χ0v) is 12.3. The Bertz CT molecular complexity index is 863. The number of benzene rings is 2. The Labute approximate surface area is 124 Å². The minimum atomic E-state index is -0.540. The number of fused-ring (bicyclic) bond motifs is 3. The van der Waals surface area contributed by atoms with E-state index in [1.165, 1.54) is 25.6 Å². The maximum atomic E-state index is 12.2. The zero-order chi connectivity index (χ0) is 15.0. The van der Waals surface area contributed by atoms with E-state index in [1.54, 1.807) is 0 Å². The number of hydrogen-bond acceptors (Lipinski definition) is 5. The van der Waals surface area contributed by atoms with Gasteiger partial charge in [0.05, 0.1) is 30.0 Å². The molecule has 3 aromatic rings. The third-order valence-electron chi connectivity index (χ3n) is 3.41. The minimum Gasteiger partial charge on any atom is -0.465 e. The van der Waals surface area contributed by atoms with Gasteiger partial charge in [-0.1, -0.05) is 24.3 Å². The molecule has 0 atom stereocenters. The first-order chi connectivity index (χ1) is 10.2. The van der Waals surface area contributed by atoms with Crippen LogP contribution in [-0.4, -0.2) is 26.2 Å². The molecule has 0 spiro atoms. The lowest BCUT2D eigenvalue weighted by molar-refractivity contribution is 0.0559. The summed E-state index contributed by atoms with van der Waals surface area (Å²) in [4.78, 5) is 24.4. The third-order valence-corrected chi connectivity index (χ3v) is 4.34. The smallest absolute Gasteiger partial charge is 0.340 e. The van der Waals surface area contributed by atoms with Crippen molar-refractivity contribution in [3.05, 3.63) is 46.8 Å². The lowest BCUT2D eigenvalue weighted by Crippen LogP contribution is -2.12. The maximum absolute atomic E-state index is 12.2. The van der Waals surface area contributed by atoms with Crippen molar-refractivity contribution >= 4 is 44.1 Å². The number of methoxy groups -OCH3 is 2. The first kappa shape index (κ1) is 13.6. The molecule has 0 saturated carbocycles. The predicted molar refractivity (Wildman–Crippen MR) is 82.0 cm³/mol. The van der Waals surface area contributed by atoms with E-state index < -0.39 is 11.9 Å². The van der Waals surface area contributed by atoms with E-state index in [9.17, 15) is 9.59 Å². The number of carbonyl (C=O) groups excluding carboxylic acids is 2. The third kappa shape index (κ3) is 1.97. The van der Waals surface area contributed by atoms with Gasteiger partial charge in [0, 0.05) is 5.39 Å². The summed E-state index contributed by atoms with van der Waals surface area (Å²) < 4.78 is 10.5. The molecule has 0 aliphatic heterocycles. The Balaban J connectivity index is 2.57. The molecule has 0 N–H and O–H groups in total. The lowest BCUT2D eigenvalue weighted by atomic mass is 9.96. The molecule has 0 unspecified atom stereocenters. The van der Waals surface area contributed by atoms with Crippen LogP contribution in [0.25, 0.3) is 20.9 Å². The number of hydrogen-bond donors (Lipinski definition) is 0. The predicted octanol–water partition coefficient (Wildman–Crippen LogP) is 3.63. The second kappa shape index (κ2) is 5.18. The summed E-state index contributed by atoms with van der Waals surface area (Å²) >= 11 is 1.41. The summed E-state index contributed by atoms with van der Waals surface area (Å²) in [6, 6.07) is 9.41. The number of carbonyl (C=O) groups is 2. The van der Waals surface area contributed by atoms with Crippen molar-refractivity contribution in [1.82, 2.24) is 0 Å². The van der Waals surface area contributed by atoms with Crippen LogP contribution < -0.4 is 0 Å². The molecule has 1 aromatic heterocycles. The molecule has 3 rings (SSSR count). The van der Waals surface area contributed by atoms with Gasteiger partial charge < -0.3 is 9.47 Å². The van der Waals surface area contributed by atoms with Crippen molar-refractivity contribution in [2.45, 2.75) is 0 Å². The van der Waals surface area contributed by atoms with Crippen molar-refractivity contribution in [3.63, 3.8) is 0 Å². The molecule has 2 aromatic carbocycles. The highest BCUT2D eigenvalue weighted by Crippen LogP contribution is 2.36. The van der Waals surface area contributed by atoms with E-state index in [2.05, 4.69) is 0 Å². The fourth-order valence-electron chi connectivity index (χ4n) is 2.51. The van der Waals surface area contributed by atoms with Gasteiger partial charge in [-0.05, 0) is 22.2 Å². The highest BCUT2D eigenvalue weighted by molar-refractivity contribution is 7.17. The lowest BCUT2D eigenvalue weighted by Gasteiger charge is -2.12. The number of rotatable bonds is 2. The first-order valence-electron chi connectivity index (χ1n) is 6.27. The van der Waals surface area contributed by atoms with Gasteiger partial charge in [-0.3, -0.25) is 0 Å². The van der Waals surface area contributed by atoms with E-state index in [1.807, 2.05) is 35.7 Å². The average Bonchev–Trinajstić information content (AvgIpc) is 3.01. The summed E-state index contributed by atoms with van der Waals surface area (Å²) in [5.41, 5.74) is 0.531. The molecule has 1 heterocycles. The SMILES string of the molecule is COC(=O)c1c(C(=O)OC)c2sccc2c2ccccc12. The minimum absolute atomic E-state index is 0.259. The van der Waals surface area contributed by atoms with Crippen LogP contribution in [0.5, 0.6) is 0 Å². The van der Waals surface area contributed by atoms with Crippen LogP contribution in [0.15, 0.2) is 35.7 Å². The molecule has 0 radical (unpaired) electrons. The van der Waals surface area contributed by atoms with E-state index in [4.69, 9.17) is 9.47 Å². The van der Waals surface area contributed by atoms with E-state index in [0.29, 0.717) is 5.39 Å². The average molecular weight is 300 g/mol. The molecule has 106 valence electrons. The Morgan fingerprint density at radius 1 is 0.857 bits per heavy atom. The van der Waals surface area contributed by atoms with Crippen LogP contribution in [0, 0.1) is 0 Å². The second-order valence-corrected chi connectivity index (χ2v) is 5.36. The van der Waals surface area contributed by atoms with E-state index in [-0.39, 0.29) is 11.1 Å². The number of ether oxygens (including phenoxy) is 2. The molecule has 0 saturated heterocycles. The van der Waals surface area contributed by atoms with Crippen LogP contribution in [0.2, 0.25) is 0 Å². The zero-order valence-electron chi connectivity index (χ0n) is 11.5. The number of esters is 2. The maximum Gasteiger partial charge on any atom is 0.340 e. The van der Waals surface area contributed by atoms with Crippen molar-refractivity contribution in [1.29, 1.82) is 0 Å². The molecule has 0 fully saturated rings. The van der Waals surface area contributed by atoms with Gasteiger partial charge >= 0.3 is 11.9 Å². The van der Waals surface area contributed by atoms with E-state index in [0.717, 1.165) is 15.5 Å². The van der Waals surface area contributed by atoms with Gasteiger partial charge in [-0.25, -0.2) is 9.59 Å². The van der Waals surface area contributed by atoms with Gasteiger partial charge in [0.15, 0.2) is 0 Å². The Morgan fingerprint density at radius 2 is 1.48 bits per heavy atom. The molecular formula is C16H12O4S. The molecule has 4 nitrogen and oxygen atoms in total. The van der Waals surface area contributed by atoms with Crippen molar-refractivity contribution in [2.24, 2.45) is 0 Å². The summed E-state index contributed by atoms with van der Waals surface area (Å²) in [6.45, 7) is 0.